The Morgan fingerprint density at radius 2 is 1.70 bits per heavy atom. The first-order valence-corrected chi connectivity index (χ1v) is 13.0. The molecule has 0 atom stereocenters. The third-order valence-corrected chi connectivity index (χ3v) is 7.40. The summed E-state index contributed by atoms with van der Waals surface area (Å²) in [7, 11) is 0. The molecule has 0 N–H and O–H groups in total. The van der Waals surface area contributed by atoms with Gasteiger partial charge in [0.2, 0.25) is 0 Å². The number of aromatic nitrogens is 3. The second-order valence-electron chi connectivity index (χ2n) is 10.2. The summed E-state index contributed by atoms with van der Waals surface area (Å²) in [4.78, 5) is 9.15. The highest BCUT2D eigenvalue weighted by Crippen LogP contribution is 2.31. The highest BCUT2D eigenvalue weighted by atomic mass is 19.1. The zero-order chi connectivity index (χ0) is 25.4. The molecule has 37 heavy (non-hydrogen) atoms. The number of benzene rings is 3. The molecule has 0 radical (unpaired) electrons. The van der Waals surface area contributed by atoms with Crippen molar-refractivity contribution in [2.45, 2.75) is 39.7 Å². The van der Waals surface area contributed by atoms with E-state index in [1.165, 1.54) is 41.5 Å². The molecule has 0 aromatic heterocycles. The number of aryl methyl sites for hydroxylation is 2. The van der Waals surface area contributed by atoms with Crippen LogP contribution in [0, 0.1) is 25.6 Å². The summed E-state index contributed by atoms with van der Waals surface area (Å²) in [5.41, 5.74) is 7.37. The van der Waals surface area contributed by atoms with Crippen LogP contribution < -0.4 is 4.74 Å². The van der Waals surface area contributed by atoms with Crippen LogP contribution in [-0.2, 0) is 6.54 Å². The van der Waals surface area contributed by atoms with Crippen molar-refractivity contribution in [3.05, 3.63) is 102 Å². The van der Waals surface area contributed by atoms with Gasteiger partial charge in [-0.15, -0.1) is 0 Å². The Hall–Kier alpha value is -3.99. The van der Waals surface area contributed by atoms with E-state index in [9.17, 15) is 4.39 Å². The zero-order valence-corrected chi connectivity index (χ0v) is 21.2. The average molecular weight is 492 g/mol. The highest BCUT2D eigenvalue weighted by molar-refractivity contribution is 5.69. The van der Waals surface area contributed by atoms with Crippen LogP contribution in [0.1, 0.15) is 36.0 Å². The number of nitrogens with zero attached hydrogens (tertiary/aromatic N) is 3. The first kappa shape index (κ1) is 23.4. The van der Waals surface area contributed by atoms with Crippen molar-refractivity contribution >= 4 is 0 Å². The van der Waals surface area contributed by atoms with Gasteiger partial charge in [-0.1, -0.05) is 48.9 Å². The Labute approximate surface area is 217 Å². The summed E-state index contributed by atoms with van der Waals surface area (Å²) in [5.74, 6) is 1.85. The van der Waals surface area contributed by atoms with Crippen LogP contribution in [0.5, 0.6) is 5.75 Å². The van der Waals surface area contributed by atoms with Gasteiger partial charge in [0.25, 0.3) is 0 Å². The molecule has 1 aliphatic carbocycles. The first-order chi connectivity index (χ1) is 18.0. The number of imidazole rings is 1. The predicted octanol–water partition coefficient (Wildman–Crippen LogP) is 7.70. The minimum absolute atomic E-state index is 0.267. The maximum absolute atomic E-state index is 14.6. The second kappa shape index (κ2) is 9.81. The molecule has 186 valence electrons. The lowest BCUT2D eigenvalue weighted by Crippen LogP contribution is -2.19. The molecular formula is C32H30FN3O. The number of hydrogen-bond donors (Lipinski definition) is 0. The minimum atomic E-state index is -0.267. The molecule has 3 aromatic carbocycles. The predicted molar refractivity (Wildman–Crippen MR) is 145 cm³/mol. The van der Waals surface area contributed by atoms with Gasteiger partial charge in [-0.2, -0.15) is 0 Å². The van der Waals surface area contributed by atoms with Crippen molar-refractivity contribution in [3.63, 3.8) is 0 Å². The van der Waals surface area contributed by atoms with Crippen molar-refractivity contribution in [1.82, 2.24) is 14.5 Å². The molecule has 0 bridgehead atoms. The second-order valence-corrected chi connectivity index (χ2v) is 10.2. The molecule has 0 unspecified atom stereocenters. The van der Waals surface area contributed by atoms with Crippen LogP contribution in [0.3, 0.4) is 0 Å². The third-order valence-electron chi connectivity index (χ3n) is 7.40. The normalized spacial score (nSPS) is 13.6. The van der Waals surface area contributed by atoms with Crippen molar-refractivity contribution in [1.29, 1.82) is 0 Å². The number of halogens is 1. The quantitative estimate of drug-likeness (QED) is 0.234. The standard InChI is InChI=1S/C32H30FN3O/c1-21-5-3-8-28(31(21)33)32-34-29-15-16-36(19-30(29)35-32)18-23-9-11-25(12-10-23)27-14-13-26(17-22(27)2)37-20-24-6-4-7-24/h3,5,8-17,19,24H,4,6-7,18,20H2,1-2H3. The van der Waals surface area contributed by atoms with E-state index in [2.05, 4.69) is 63.9 Å². The van der Waals surface area contributed by atoms with Gasteiger partial charge >= 0.3 is 0 Å². The maximum Gasteiger partial charge on any atom is 0.163 e. The summed E-state index contributed by atoms with van der Waals surface area (Å²) in [6.07, 6.45) is 7.90. The van der Waals surface area contributed by atoms with Crippen LogP contribution >= 0.6 is 0 Å². The SMILES string of the molecule is Cc1cc(OCC2CCC2)ccc1-c1ccc(Cn2ccc3nc(-c4cccc(C)c4F)nc-3c2)cc1. The van der Waals surface area contributed by atoms with Gasteiger partial charge in [0, 0.05) is 18.9 Å². The Balaban J connectivity index is 1.16. The van der Waals surface area contributed by atoms with E-state index in [1.54, 1.807) is 19.1 Å². The van der Waals surface area contributed by atoms with Gasteiger partial charge in [-0.3, -0.25) is 0 Å². The first-order valence-electron chi connectivity index (χ1n) is 13.0. The fourth-order valence-electron chi connectivity index (χ4n) is 4.91. The van der Waals surface area contributed by atoms with Gasteiger partial charge in [-0.05, 0) is 84.7 Å². The minimum Gasteiger partial charge on any atom is -0.493 e. The molecule has 5 heteroatoms. The summed E-state index contributed by atoms with van der Waals surface area (Å²) >= 11 is 0. The summed E-state index contributed by atoms with van der Waals surface area (Å²) in [6.45, 7) is 5.44. The summed E-state index contributed by atoms with van der Waals surface area (Å²) in [6, 6.07) is 22.3. The number of ether oxygens (including phenoxy) is 1. The lowest BCUT2D eigenvalue weighted by Gasteiger charge is -2.25. The molecule has 1 saturated carbocycles. The van der Waals surface area contributed by atoms with E-state index in [1.807, 2.05) is 24.5 Å². The van der Waals surface area contributed by atoms with E-state index in [0.717, 1.165) is 29.7 Å². The number of pyridine rings is 1. The molecule has 0 amide bonds. The topological polar surface area (TPSA) is 39.9 Å². The largest absolute Gasteiger partial charge is 0.493 e. The van der Waals surface area contributed by atoms with Crippen molar-refractivity contribution in [2.75, 3.05) is 6.61 Å². The van der Waals surface area contributed by atoms with Gasteiger partial charge < -0.3 is 9.30 Å². The van der Waals surface area contributed by atoms with Crippen LogP contribution in [0.15, 0.2) is 79.1 Å². The lowest BCUT2D eigenvalue weighted by atomic mass is 9.86. The molecule has 4 nitrogen and oxygen atoms in total. The molecule has 3 aliphatic rings. The monoisotopic (exact) mass is 491 g/mol. The number of fused-ring (bicyclic) bond motifs is 1. The van der Waals surface area contributed by atoms with Gasteiger partial charge in [0.15, 0.2) is 5.82 Å². The molecule has 2 heterocycles. The molecule has 3 aromatic rings. The van der Waals surface area contributed by atoms with Gasteiger partial charge in [-0.25, -0.2) is 14.4 Å². The van der Waals surface area contributed by atoms with E-state index < -0.39 is 0 Å². The maximum atomic E-state index is 14.6. The summed E-state index contributed by atoms with van der Waals surface area (Å²) < 4.78 is 22.7. The Bertz CT molecular complexity index is 1520. The van der Waals surface area contributed by atoms with Gasteiger partial charge in [0.1, 0.15) is 17.3 Å². The van der Waals surface area contributed by atoms with Crippen molar-refractivity contribution < 1.29 is 9.13 Å². The highest BCUT2D eigenvalue weighted by Gasteiger charge is 2.18. The Morgan fingerprint density at radius 1 is 0.892 bits per heavy atom. The fourth-order valence-corrected chi connectivity index (χ4v) is 4.91. The van der Waals surface area contributed by atoms with Crippen LogP contribution in [0.2, 0.25) is 0 Å². The molecule has 6 rings (SSSR count). The van der Waals surface area contributed by atoms with Gasteiger partial charge in [0.05, 0.1) is 17.9 Å². The summed E-state index contributed by atoms with van der Waals surface area (Å²) in [5, 5.41) is 0. The Kier molecular flexibility index (Phi) is 6.21. The zero-order valence-electron chi connectivity index (χ0n) is 21.2. The number of rotatable bonds is 7. The molecule has 0 saturated heterocycles. The third kappa shape index (κ3) is 4.86. The van der Waals surface area contributed by atoms with E-state index >= 15 is 0 Å². The Morgan fingerprint density at radius 3 is 2.46 bits per heavy atom. The lowest BCUT2D eigenvalue weighted by molar-refractivity contribution is 0.180. The van der Waals surface area contributed by atoms with Crippen molar-refractivity contribution in [3.8, 4) is 39.7 Å². The van der Waals surface area contributed by atoms with Crippen LogP contribution in [-0.4, -0.2) is 21.1 Å². The average Bonchev–Trinajstić information content (AvgIpc) is 3.29. The fraction of sp³-hybridized carbons (Fsp3) is 0.250. The van der Waals surface area contributed by atoms with E-state index in [4.69, 9.17) is 4.74 Å². The molecule has 0 spiro atoms. The van der Waals surface area contributed by atoms with E-state index in [-0.39, 0.29) is 5.82 Å². The number of hydrogen-bond acceptors (Lipinski definition) is 3. The van der Waals surface area contributed by atoms with Crippen LogP contribution in [0.4, 0.5) is 4.39 Å². The molecule has 1 fully saturated rings. The van der Waals surface area contributed by atoms with Crippen molar-refractivity contribution in [2.24, 2.45) is 5.92 Å². The van der Waals surface area contributed by atoms with E-state index in [0.29, 0.717) is 23.5 Å². The molecule has 2 aliphatic heterocycles. The molecular weight excluding hydrogens is 461 g/mol. The van der Waals surface area contributed by atoms with Crippen LogP contribution in [0.25, 0.3) is 33.9 Å². The smallest absolute Gasteiger partial charge is 0.163 e.